The Morgan fingerprint density at radius 1 is 1.13 bits per heavy atom. The smallest absolute Gasteiger partial charge is 0.251 e. The molecule has 2 aliphatic rings. The van der Waals surface area contributed by atoms with Crippen LogP contribution in [0.5, 0.6) is 0 Å². The number of hydrogen-bond donors (Lipinski definition) is 2. The Morgan fingerprint density at radius 3 is 2.52 bits per heavy atom. The number of aryl methyl sites for hydroxylation is 2. The van der Waals surface area contributed by atoms with Gasteiger partial charge in [-0.15, -0.1) is 0 Å². The lowest BCUT2D eigenvalue weighted by Crippen LogP contribution is -2.46. The molecule has 0 bridgehead atoms. The van der Waals surface area contributed by atoms with Gasteiger partial charge >= 0.3 is 0 Å². The van der Waals surface area contributed by atoms with Crippen molar-refractivity contribution in [2.24, 2.45) is 5.73 Å². The molecule has 0 aromatic heterocycles. The number of carbonyl (C=O) groups excluding carboxylic acids is 2. The SMILES string of the molecule is NC(=O)CN1CCC(NC(=O)c2ccc3c(c2)CCCC3)CC1. The monoisotopic (exact) mass is 315 g/mol. The second-order valence-electron chi connectivity index (χ2n) is 6.68. The van der Waals surface area contributed by atoms with E-state index in [4.69, 9.17) is 5.73 Å². The van der Waals surface area contributed by atoms with Crippen LogP contribution in [-0.2, 0) is 17.6 Å². The van der Waals surface area contributed by atoms with Crippen molar-refractivity contribution in [2.75, 3.05) is 19.6 Å². The van der Waals surface area contributed by atoms with Crippen molar-refractivity contribution in [3.8, 4) is 0 Å². The maximum Gasteiger partial charge on any atom is 0.251 e. The Kier molecular flexibility index (Phi) is 4.96. The van der Waals surface area contributed by atoms with Crippen molar-refractivity contribution in [1.82, 2.24) is 10.2 Å². The maximum absolute atomic E-state index is 12.5. The molecule has 0 saturated carbocycles. The summed E-state index contributed by atoms with van der Waals surface area (Å²) in [5.41, 5.74) is 8.72. The maximum atomic E-state index is 12.5. The molecule has 1 saturated heterocycles. The number of primary amides is 1. The van der Waals surface area contributed by atoms with E-state index in [2.05, 4.69) is 17.4 Å². The molecule has 0 atom stereocenters. The molecule has 1 fully saturated rings. The predicted molar refractivity (Wildman–Crippen MR) is 89.2 cm³/mol. The molecule has 1 aliphatic carbocycles. The number of fused-ring (bicyclic) bond motifs is 1. The van der Waals surface area contributed by atoms with Crippen LogP contribution in [-0.4, -0.2) is 42.4 Å². The first-order valence-electron chi connectivity index (χ1n) is 8.55. The predicted octanol–water partition coefficient (Wildman–Crippen LogP) is 1.24. The number of hydrogen-bond acceptors (Lipinski definition) is 3. The van der Waals surface area contributed by atoms with Crippen molar-refractivity contribution in [3.63, 3.8) is 0 Å². The molecule has 23 heavy (non-hydrogen) atoms. The summed E-state index contributed by atoms with van der Waals surface area (Å²) in [7, 11) is 0. The summed E-state index contributed by atoms with van der Waals surface area (Å²) in [5, 5.41) is 3.13. The third kappa shape index (κ3) is 4.10. The number of rotatable bonds is 4. The van der Waals surface area contributed by atoms with E-state index in [9.17, 15) is 9.59 Å². The number of nitrogens with two attached hydrogens (primary N) is 1. The van der Waals surface area contributed by atoms with Gasteiger partial charge in [0.2, 0.25) is 5.91 Å². The Morgan fingerprint density at radius 2 is 1.83 bits per heavy atom. The molecule has 1 aliphatic heterocycles. The van der Waals surface area contributed by atoms with Crippen LogP contribution in [0.3, 0.4) is 0 Å². The molecule has 5 nitrogen and oxygen atoms in total. The number of nitrogens with one attached hydrogen (secondary N) is 1. The molecule has 2 amide bonds. The molecule has 1 heterocycles. The van der Waals surface area contributed by atoms with Crippen LogP contribution in [0.25, 0.3) is 0 Å². The first-order valence-corrected chi connectivity index (χ1v) is 8.55. The molecule has 5 heteroatoms. The Labute approximate surface area is 137 Å². The van der Waals surface area contributed by atoms with Gasteiger partial charge in [-0.2, -0.15) is 0 Å². The second-order valence-corrected chi connectivity index (χ2v) is 6.68. The normalized spacial score (nSPS) is 19.1. The fourth-order valence-electron chi connectivity index (χ4n) is 3.60. The minimum atomic E-state index is -0.290. The molecule has 0 spiro atoms. The van der Waals surface area contributed by atoms with Gasteiger partial charge in [-0.25, -0.2) is 0 Å². The summed E-state index contributed by atoms with van der Waals surface area (Å²) in [4.78, 5) is 25.4. The quantitative estimate of drug-likeness (QED) is 0.878. The number of piperidine rings is 1. The van der Waals surface area contributed by atoms with Crippen molar-refractivity contribution >= 4 is 11.8 Å². The van der Waals surface area contributed by atoms with Crippen molar-refractivity contribution in [1.29, 1.82) is 0 Å². The molecular weight excluding hydrogens is 290 g/mol. The van der Waals surface area contributed by atoms with Gasteiger partial charge < -0.3 is 11.1 Å². The number of nitrogens with zero attached hydrogens (tertiary/aromatic N) is 1. The number of amides is 2. The summed E-state index contributed by atoms with van der Waals surface area (Å²) in [6.07, 6.45) is 6.42. The molecular formula is C18H25N3O2. The standard InChI is InChI=1S/C18H25N3O2/c19-17(22)12-21-9-7-16(8-10-21)20-18(23)15-6-5-13-3-1-2-4-14(13)11-15/h5-6,11,16H,1-4,7-10,12H2,(H2,19,22)(H,20,23). The number of benzene rings is 1. The highest BCUT2D eigenvalue weighted by Gasteiger charge is 2.22. The van der Waals surface area contributed by atoms with Gasteiger partial charge in [0.15, 0.2) is 0 Å². The number of likely N-dealkylation sites (tertiary alicyclic amines) is 1. The average Bonchev–Trinajstić information content (AvgIpc) is 2.55. The van der Waals surface area contributed by atoms with Crippen LogP contribution in [0.4, 0.5) is 0 Å². The van der Waals surface area contributed by atoms with E-state index >= 15 is 0 Å². The van der Waals surface area contributed by atoms with Gasteiger partial charge in [0.25, 0.3) is 5.91 Å². The topological polar surface area (TPSA) is 75.4 Å². The highest BCUT2D eigenvalue weighted by Crippen LogP contribution is 2.22. The van der Waals surface area contributed by atoms with Gasteiger partial charge in [-0.3, -0.25) is 14.5 Å². The van der Waals surface area contributed by atoms with Crippen LogP contribution < -0.4 is 11.1 Å². The molecule has 1 aromatic carbocycles. The van der Waals surface area contributed by atoms with Crippen LogP contribution >= 0.6 is 0 Å². The minimum absolute atomic E-state index is 0.0201. The molecule has 1 aromatic rings. The zero-order chi connectivity index (χ0) is 16.2. The van der Waals surface area contributed by atoms with Crippen LogP contribution in [0.15, 0.2) is 18.2 Å². The van der Waals surface area contributed by atoms with E-state index in [0.717, 1.165) is 44.3 Å². The van der Waals surface area contributed by atoms with E-state index in [-0.39, 0.29) is 17.9 Å². The van der Waals surface area contributed by atoms with Gasteiger partial charge in [-0.05, 0) is 61.8 Å². The molecule has 3 rings (SSSR count). The highest BCUT2D eigenvalue weighted by molar-refractivity contribution is 5.94. The van der Waals surface area contributed by atoms with Crippen molar-refractivity contribution < 1.29 is 9.59 Å². The summed E-state index contributed by atoms with van der Waals surface area (Å²) in [6, 6.07) is 6.30. The lowest BCUT2D eigenvalue weighted by atomic mass is 9.90. The zero-order valence-electron chi connectivity index (χ0n) is 13.5. The first kappa shape index (κ1) is 16.0. The highest BCUT2D eigenvalue weighted by atomic mass is 16.2. The molecule has 0 unspecified atom stereocenters. The van der Waals surface area contributed by atoms with E-state index in [1.807, 2.05) is 11.0 Å². The van der Waals surface area contributed by atoms with Crippen LogP contribution in [0.2, 0.25) is 0 Å². The second kappa shape index (κ2) is 7.13. The Balaban J connectivity index is 1.55. The average molecular weight is 315 g/mol. The number of carbonyl (C=O) groups is 2. The molecule has 3 N–H and O–H groups in total. The third-order valence-electron chi connectivity index (χ3n) is 4.91. The van der Waals surface area contributed by atoms with Gasteiger partial charge in [0, 0.05) is 24.7 Å². The largest absolute Gasteiger partial charge is 0.369 e. The van der Waals surface area contributed by atoms with Gasteiger partial charge in [-0.1, -0.05) is 6.07 Å². The van der Waals surface area contributed by atoms with Gasteiger partial charge in [0.05, 0.1) is 6.54 Å². The summed E-state index contributed by atoms with van der Waals surface area (Å²) in [5.74, 6) is -0.270. The van der Waals surface area contributed by atoms with Crippen molar-refractivity contribution in [2.45, 2.75) is 44.6 Å². The fraction of sp³-hybridized carbons (Fsp3) is 0.556. The summed E-state index contributed by atoms with van der Waals surface area (Å²) in [6.45, 7) is 1.92. The summed E-state index contributed by atoms with van der Waals surface area (Å²) >= 11 is 0. The Bertz CT molecular complexity index is 592. The van der Waals surface area contributed by atoms with E-state index in [0.29, 0.717) is 6.54 Å². The summed E-state index contributed by atoms with van der Waals surface area (Å²) < 4.78 is 0. The van der Waals surface area contributed by atoms with Crippen LogP contribution in [0, 0.1) is 0 Å². The Hall–Kier alpha value is -1.88. The minimum Gasteiger partial charge on any atom is -0.369 e. The lowest BCUT2D eigenvalue weighted by Gasteiger charge is -2.31. The lowest BCUT2D eigenvalue weighted by molar-refractivity contribution is -0.119. The first-order chi connectivity index (χ1) is 11.1. The van der Waals surface area contributed by atoms with Crippen LogP contribution in [0.1, 0.15) is 47.2 Å². The fourth-order valence-corrected chi connectivity index (χ4v) is 3.60. The third-order valence-corrected chi connectivity index (χ3v) is 4.91. The van der Waals surface area contributed by atoms with Gasteiger partial charge in [0.1, 0.15) is 0 Å². The molecule has 124 valence electrons. The zero-order valence-corrected chi connectivity index (χ0v) is 13.5. The van der Waals surface area contributed by atoms with Crippen molar-refractivity contribution in [3.05, 3.63) is 34.9 Å². The van der Waals surface area contributed by atoms with E-state index in [1.165, 1.54) is 24.0 Å². The molecule has 0 radical (unpaired) electrons. The van der Waals surface area contributed by atoms with E-state index in [1.54, 1.807) is 0 Å². The van der Waals surface area contributed by atoms with E-state index < -0.39 is 0 Å².